The number of para-hydroxylation sites is 1. The number of aliphatic carboxylic acids is 1. The molecule has 4 rings (SSSR count). The first kappa shape index (κ1) is 22.3. The Kier molecular flexibility index (Phi) is 6.24. The smallest absolute Gasteiger partial charge is 0.309 e. The quantitative estimate of drug-likeness (QED) is 0.516. The zero-order chi connectivity index (χ0) is 22.9. The van der Waals surface area contributed by atoms with Crippen molar-refractivity contribution in [3.63, 3.8) is 0 Å². The van der Waals surface area contributed by atoms with Crippen LogP contribution in [0.3, 0.4) is 0 Å². The number of rotatable bonds is 7. The van der Waals surface area contributed by atoms with Crippen molar-refractivity contribution in [3.8, 4) is 0 Å². The Bertz CT molecular complexity index is 1150. The van der Waals surface area contributed by atoms with Gasteiger partial charge in [0.1, 0.15) is 5.15 Å². The van der Waals surface area contributed by atoms with Crippen molar-refractivity contribution >= 4 is 34.4 Å². The van der Waals surface area contributed by atoms with E-state index in [1.807, 2.05) is 17.0 Å². The van der Waals surface area contributed by atoms with Gasteiger partial charge in [-0.25, -0.2) is 4.98 Å². The van der Waals surface area contributed by atoms with E-state index in [0.717, 1.165) is 23.2 Å². The highest BCUT2D eigenvalue weighted by molar-refractivity contribution is 6.29. The van der Waals surface area contributed by atoms with Crippen LogP contribution in [0.25, 0.3) is 10.9 Å². The minimum Gasteiger partial charge on any atom is -0.481 e. The van der Waals surface area contributed by atoms with Gasteiger partial charge in [0.05, 0.1) is 12.0 Å². The number of carbonyl (C=O) groups is 2. The summed E-state index contributed by atoms with van der Waals surface area (Å²) in [6.07, 6.45) is 4.03. The summed E-state index contributed by atoms with van der Waals surface area (Å²) >= 11 is 5.95. The third-order valence-corrected chi connectivity index (χ3v) is 6.64. The maximum absolute atomic E-state index is 12.9. The van der Waals surface area contributed by atoms with Crippen molar-refractivity contribution in [2.24, 2.45) is 5.41 Å². The van der Waals surface area contributed by atoms with E-state index < -0.39 is 11.4 Å². The number of amides is 1. The summed E-state index contributed by atoms with van der Waals surface area (Å²) in [5.41, 5.74) is 3.86. The molecule has 1 aromatic carbocycles. The van der Waals surface area contributed by atoms with Gasteiger partial charge in [-0.15, -0.1) is 0 Å². The third-order valence-electron chi connectivity index (χ3n) is 6.42. The minimum absolute atomic E-state index is 0.0850. The number of carboxylic acid groups (broad SMARTS) is 1. The number of carboxylic acids is 1. The minimum atomic E-state index is -0.825. The van der Waals surface area contributed by atoms with Crippen molar-refractivity contribution in [3.05, 3.63) is 64.6 Å². The highest BCUT2D eigenvalue weighted by atomic mass is 35.5. The van der Waals surface area contributed by atoms with E-state index in [0.29, 0.717) is 44.0 Å². The van der Waals surface area contributed by atoms with Gasteiger partial charge in [-0.05, 0) is 56.4 Å². The van der Waals surface area contributed by atoms with Gasteiger partial charge in [0.2, 0.25) is 5.91 Å². The third kappa shape index (κ3) is 4.51. The number of aromatic nitrogens is 2. The van der Waals surface area contributed by atoms with Crippen LogP contribution in [-0.2, 0) is 29.1 Å². The predicted octanol–water partition coefficient (Wildman–Crippen LogP) is 4.90. The predicted molar refractivity (Wildman–Crippen MR) is 125 cm³/mol. The summed E-state index contributed by atoms with van der Waals surface area (Å²) in [6.45, 7) is 5.32. The summed E-state index contributed by atoms with van der Waals surface area (Å²) in [5, 5.41) is 11.0. The van der Waals surface area contributed by atoms with E-state index in [1.165, 1.54) is 10.9 Å². The maximum atomic E-state index is 12.9. The van der Waals surface area contributed by atoms with Gasteiger partial charge in [-0.3, -0.25) is 9.59 Å². The highest BCUT2D eigenvalue weighted by Gasteiger charge is 2.29. The molecule has 0 aliphatic carbocycles. The first-order chi connectivity index (χ1) is 15.3. The van der Waals surface area contributed by atoms with Gasteiger partial charge in [0, 0.05) is 42.3 Å². The lowest BCUT2D eigenvalue weighted by Crippen LogP contribution is -2.36. The second-order valence-electron chi connectivity index (χ2n) is 9.13. The van der Waals surface area contributed by atoms with E-state index >= 15 is 0 Å². The molecular weight excluding hydrogens is 426 g/mol. The zero-order valence-electron chi connectivity index (χ0n) is 18.5. The first-order valence-corrected chi connectivity index (χ1v) is 11.3. The number of benzene rings is 1. The molecule has 7 heteroatoms. The molecule has 0 atom stereocenters. The molecule has 1 aliphatic rings. The SMILES string of the molecule is CC(C)(CCCC(=O)N1CCc2c(n(Cc3ccc(Cl)nc3)c3ccccc23)C1)C(=O)O. The van der Waals surface area contributed by atoms with Gasteiger partial charge in [0.15, 0.2) is 0 Å². The van der Waals surface area contributed by atoms with E-state index in [1.54, 1.807) is 26.1 Å². The fourth-order valence-corrected chi connectivity index (χ4v) is 4.53. The molecule has 0 spiro atoms. The number of nitrogens with zero attached hydrogens (tertiary/aromatic N) is 3. The molecule has 6 nitrogen and oxygen atoms in total. The lowest BCUT2D eigenvalue weighted by Gasteiger charge is -2.29. The monoisotopic (exact) mass is 453 g/mol. The molecule has 0 saturated heterocycles. The molecule has 0 radical (unpaired) electrons. The van der Waals surface area contributed by atoms with E-state index in [4.69, 9.17) is 11.6 Å². The van der Waals surface area contributed by atoms with E-state index in [9.17, 15) is 14.7 Å². The molecule has 0 unspecified atom stereocenters. The van der Waals surface area contributed by atoms with E-state index in [2.05, 4.69) is 27.8 Å². The van der Waals surface area contributed by atoms with Gasteiger partial charge in [-0.2, -0.15) is 0 Å². The van der Waals surface area contributed by atoms with Gasteiger partial charge in [0.25, 0.3) is 0 Å². The van der Waals surface area contributed by atoms with Crippen LogP contribution in [0.2, 0.25) is 5.15 Å². The number of carbonyl (C=O) groups excluding carboxylic acids is 1. The fourth-order valence-electron chi connectivity index (χ4n) is 4.42. The molecule has 1 aliphatic heterocycles. The van der Waals surface area contributed by atoms with Crippen LogP contribution in [0.4, 0.5) is 0 Å². The van der Waals surface area contributed by atoms with Crippen molar-refractivity contribution in [1.82, 2.24) is 14.5 Å². The second kappa shape index (κ2) is 8.94. The lowest BCUT2D eigenvalue weighted by molar-refractivity contribution is -0.147. The molecule has 0 bridgehead atoms. The topological polar surface area (TPSA) is 75.4 Å². The average Bonchev–Trinajstić information content (AvgIpc) is 3.08. The molecular formula is C25H28ClN3O3. The number of fused-ring (bicyclic) bond motifs is 3. The molecule has 2 aromatic heterocycles. The van der Waals surface area contributed by atoms with Gasteiger partial charge < -0.3 is 14.6 Å². The van der Waals surface area contributed by atoms with Gasteiger partial charge >= 0.3 is 5.97 Å². The van der Waals surface area contributed by atoms with Crippen LogP contribution in [-0.4, -0.2) is 38.0 Å². The summed E-state index contributed by atoms with van der Waals surface area (Å²) in [5.74, 6) is -0.740. The normalized spacial score (nSPS) is 13.9. The Morgan fingerprint density at radius 3 is 2.69 bits per heavy atom. The first-order valence-electron chi connectivity index (χ1n) is 11.0. The Labute approximate surface area is 192 Å². The number of pyridine rings is 1. The molecule has 168 valence electrons. The van der Waals surface area contributed by atoms with Crippen LogP contribution in [0.5, 0.6) is 0 Å². The maximum Gasteiger partial charge on any atom is 0.309 e. The number of hydrogen-bond acceptors (Lipinski definition) is 3. The number of hydrogen-bond donors (Lipinski definition) is 1. The molecule has 3 aromatic rings. The van der Waals surface area contributed by atoms with Crippen LogP contribution in [0, 0.1) is 5.41 Å². The molecule has 0 saturated carbocycles. The Morgan fingerprint density at radius 2 is 1.97 bits per heavy atom. The van der Waals surface area contributed by atoms with E-state index in [-0.39, 0.29) is 5.91 Å². The highest BCUT2D eigenvalue weighted by Crippen LogP contribution is 2.32. The Balaban J connectivity index is 1.55. The Morgan fingerprint density at radius 1 is 1.19 bits per heavy atom. The summed E-state index contributed by atoms with van der Waals surface area (Å²) in [4.78, 5) is 30.4. The van der Waals surface area contributed by atoms with Crippen LogP contribution >= 0.6 is 11.6 Å². The van der Waals surface area contributed by atoms with Crippen molar-refractivity contribution in [2.75, 3.05) is 6.54 Å². The summed E-state index contributed by atoms with van der Waals surface area (Å²) in [7, 11) is 0. The molecule has 1 N–H and O–H groups in total. The van der Waals surface area contributed by atoms with Crippen molar-refractivity contribution < 1.29 is 14.7 Å². The summed E-state index contributed by atoms with van der Waals surface area (Å²) < 4.78 is 2.28. The Hall–Kier alpha value is -2.86. The zero-order valence-corrected chi connectivity index (χ0v) is 19.2. The van der Waals surface area contributed by atoms with Crippen LogP contribution in [0.1, 0.15) is 49.9 Å². The molecule has 3 heterocycles. The second-order valence-corrected chi connectivity index (χ2v) is 9.51. The number of halogens is 1. The average molecular weight is 454 g/mol. The molecule has 0 fully saturated rings. The lowest BCUT2D eigenvalue weighted by atomic mass is 9.87. The molecule has 1 amide bonds. The van der Waals surface area contributed by atoms with Crippen molar-refractivity contribution in [2.45, 2.75) is 52.6 Å². The standard InChI is InChI=1S/C25H28ClN3O3/c1-25(2,24(31)32)12-5-8-23(30)28-13-11-19-18-6-3-4-7-20(18)29(21(19)16-28)15-17-9-10-22(26)27-14-17/h3-4,6-7,9-10,14H,5,8,11-13,15-16H2,1-2H3,(H,31,32). The fraction of sp³-hybridized carbons (Fsp3) is 0.400. The summed E-state index contributed by atoms with van der Waals surface area (Å²) in [6, 6.07) is 12.1. The van der Waals surface area contributed by atoms with Crippen molar-refractivity contribution in [1.29, 1.82) is 0 Å². The molecule has 32 heavy (non-hydrogen) atoms. The van der Waals surface area contributed by atoms with Gasteiger partial charge in [-0.1, -0.05) is 35.9 Å². The largest absolute Gasteiger partial charge is 0.481 e. The van der Waals surface area contributed by atoms with Crippen LogP contribution in [0.15, 0.2) is 42.6 Å². The van der Waals surface area contributed by atoms with Crippen LogP contribution < -0.4 is 0 Å².